The molecule has 1 saturated carbocycles. The number of carbonyl (C=O) groups excluding carboxylic acids is 6. The number of likely N-dealkylation sites (tertiary alicyclic amines) is 2. The Kier molecular flexibility index (Phi) is 4.09. The average Bonchev–Trinajstić information content (AvgIpc) is 3.06. The van der Waals surface area contributed by atoms with E-state index in [-0.39, 0.29) is 13.1 Å². The molecule has 0 unspecified atom stereocenters. The van der Waals surface area contributed by atoms with Crippen LogP contribution in [0.25, 0.3) is 0 Å². The zero-order valence-corrected chi connectivity index (χ0v) is 14.6. The van der Waals surface area contributed by atoms with E-state index < -0.39 is 83.9 Å². The van der Waals surface area contributed by atoms with Crippen LogP contribution < -0.4 is 10.2 Å². The minimum atomic E-state index is -1.39. The maximum atomic E-state index is 12.8. The lowest BCUT2D eigenvalue weighted by molar-refractivity contribution is -0.307. The molecule has 2 aliphatic heterocycles. The lowest BCUT2D eigenvalue weighted by Crippen LogP contribution is -2.50. The van der Waals surface area contributed by atoms with Gasteiger partial charge in [0, 0.05) is 49.7 Å². The third kappa shape index (κ3) is 2.40. The molecular weight excluding hydrogens is 372 g/mol. The van der Waals surface area contributed by atoms with Crippen molar-refractivity contribution >= 4 is 35.6 Å². The van der Waals surface area contributed by atoms with Crippen LogP contribution in [0.4, 0.5) is 0 Å². The molecule has 4 amide bonds. The van der Waals surface area contributed by atoms with Crippen LogP contribution in [-0.2, 0) is 28.8 Å². The van der Waals surface area contributed by atoms with E-state index in [1.807, 2.05) is 0 Å². The number of allylic oxidation sites excluding steroid dienone is 2. The fraction of sp³-hybridized carbons (Fsp3) is 0.556. The van der Waals surface area contributed by atoms with E-state index in [1.54, 1.807) is 12.2 Å². The molecule has 0 aromatic carbocycles. The maximum Gasteiger partial charge on any atom is 0.233 e. The third-order valence-corrected chi connectivity index (χ3v) is 6.27. The highest BCUT2D eigenvalue weighted by atomic mass is 16.4. The summed E-state index contributed by atoms with van der Waals surface area (Å²) in [5, 5.41) is 21.4. The van der Waals surface area contributed by atoms with Gasteiger partial charge in [-0.25, -0.2) is 0 Å². The number of aliphatic carboxylic acids is 2. The van der Waals surface area contributed by atoms with Crippen molar-refractivity contribution in [1.82, 2.24) is 9.80 Å². The van der Waals surface area contributed by atoms with Crippen LogP contribution in [0.15, 0.2) is 12.2 Å². The third-order valence-electron chi connectivity index (χ3n) is 6.27. The van der Waals surface area contributed by atoms with Gasteiger partial charge >= 0.3 is 0 Å². The second-order valence-corrected chi connectivity index (χ2v) is 7.54. The molecule has 2 heterocycles. The van der Waals surface area contributed by atoms with Crippen molar-refractivity contribution in [3.8, 4) is 0 Å². The summed E-state index contributed by atoms with van der Waals surface area (Å²) in [7, 11) is 0. The van der Waals surface area contributed by atoms with Crippen molar-refractivity contribution in [3.63, 3.8) is 0 Å². The number of amides is 4. The van der Waals surface area contributed by atoms with Gasteiger partial charge in [-0.2, -0.15) is 0 Å². The Labute approximate surface area is 158 Å². The van der Waals surface area contributed by atoms with E-state index in [0.717, 1.165) is 9.80 Å². The minimum Gasteiger partial charge on any atom is -0.550 e. The lowest BCUT2D eigenvalue weighted by Gasteiger charge is -2.44. The van der Waals surface area contributed by atoms with Crippen molar-refractivity contribution in [2.24, 2.45) is 35.5 Å². The molecule has 0 radical (unpaired) electrons. The first-order valence-electron chi connectivity index (χ1n) is 9.02. The molecule has 5 rings (SSSR count). The molecule has 0 N–H and O–H groups in total. The van der Waals surface area contributed by atoms with Gasteiger partial charge in [-0.1, -0.05) is 12.2 Å². The van der Waals surface area contributed by atoms with Crippen molar-refractivity contribution in [1.29, 1.82) is 0 Å². The van der Waals surface area contributed by atoms with Crippen LogP contribution >= 0.6 is 0 Å². The number of carbonyl (C=O) groups is 6. The standard InChI is InChI=1S/C18H18N2O8/c21-9(22)3-5-19-15(25)11-7-1-2-8(13(11)17(19)27)14-12(7)16(26)20(18(14)28)6-4-10(23)24/h1-2,7-8,11-14H,3-6H2,(H,21,22)(H,23,24)/p-2/t7?,8?,11-,12-,13-,14-/m1/s1. The van der Waals surface area contributed by atoms with E-state index in [0.29, 0.717) is 0 Å². The minimum absolute atomic E-state index is 0.304. The molecule has 2 saturated heterocycles. The second-order valence-electron chi connectivity index (χ2n) is 7.54. The van der Waals surface area contributed by atoms with Crippen LogP contribution in [0.5, 0.6) is 0 Å². The monoisotopic (exact) mass is 388 g/mol. The van der Waals surface area contributed by atoms with Crippen LogP contribution in [0.2, 0.25) is 0 Å². The quantitative estimate of drug-likeness (QED) is 0.332. The van der Waals surface area contributed by atoms with Crippen LogP contribution in [0.1, 0.15) is 12.8 Å². The highest BCUT2D eigenvalue weighted by Crippen LogP contribution is 2.57. The predicted molar refractivity (Wildman–Crippen MR) is 82.8 cm³/mol. The number of hydrogen-bond donors (Lipinski definition) is 0. The fourth-order valence-electron chi connectivity index (χ4n) is 5.20. The fourth-order valence-corrected chi connectivity index (χ4v) is 5.20. The SMILES string of the molecule is O=C([O-])CCN1C(=O)[C@@H]2C3C=CC([C@H]2C1=O)[C@H]1C(=O)N(CCC(=O)[O-])C(=O)[C@H]31. The lowest BCUT2D eigenvalue weighted by atomic mass is 9.54. The predicted octanol–water partition coefficient (Wildman–Crippen LogP) is -3.72. The molecule has 3 fully saturated rings. The normalized spacial score (nSPS) is 35.6. The van der Waals surface area contributed by atoms with Crippen molar-refractivity contribution < 1.29 is 39.0 Å². The van der Waals surface area contributed by atoms with E-state index in [4.69, 9.17) is 0 Å². The van der Waals surface area contributed by atoms with Crippen molar-refractivity contribution in [3.05, 3.63) is 12.2 Å². The summed E-state index contributed by atoms with van der Waals surface area (Å²) in [5.74, 6) is -9.51. The molecule has 0 aromatic rings. The summed E-state index contributed by atoms with van der Waals surface area (Å²) in [5.41, 5.74) is 0. The molecule has 0 spiro atoms. The molecule has 5 aliphatic rings. The number of carboxylic acid groups (broad SMARTS) is 2. The average molecular weight is 388 g/mol. The molecule has 10 heteroatoms. The first kappa shape index (κ1) is 18.3. The Morgan fingerprint density at radius 2 is 0.964 bits per heavy atom. The molecular formula is C18H16N2O8-2. The van der Waals surface area contributed by atoms with Gasteiger partial charge in [0.25, 0.3) is 0 Å². The zero-order chi connectivity index (χ0) is 20.3. The molecule has 28 heavy (non-hydrogen) atoms. The molecule has 148 valence electrons. The Morgan fingerprint density at radius 1 is 0.679 bits per heavy atom. The number of hydrogen-bond acceptors (Lipinski definition) is 8. The van der Waals surface area contributed by atoms with Crippen LogP contribution in [-0.4, -0.2) is 58.5 Å². The summed E-state index contributed by atoms with van der Waals surface area (Å²) in [4.78, 5) is 74.3. The van der Waals surface area contributed by atoms with Gasteiger partial charge in [0.1, 0.15) is 0 Å². The van der Waals surface area contributed by atoms with Crippen LogP contribution in [0.3, 0.4) is 0 Å². The van der Waals surface area contributed by atoms with E-state index in [9.17, 15) is 39.0 Å². The summed E-state index contributed by atoms with van der Waals surface area (Å²) in [6, 6.07) is 0. The van der Waals surface area contributed by atoms with Gasteiger partial charge in [-0.15, -0.1) is 0 Å². The van der Waals surface area contributed by atoms with Crippen molar-refractivity contribution in [2.75, 3.05) is 13.1 Å². The van der Waals surface area contributed by atoms with Gasteiger partial charge in [-0.3, -0.25) is 29.0 Å². The molecule has 4 atom stereocenters. The number of nitrogens with zero attached hydrogens (tertiary/aromatic N) is 2. The van der Waals surface area contributed by atoms with Crippen LogP contribution in [0, 0.1) is 35.5 Å². The molecule has 0 aromatic heterocycles. The van der Waals surface area contributed by atoms with E-state index in [2.05, 4.69) is 0 Å². The summed E-state index contributed by atoms with van der Waals surface area (Å²) < 4.78 is 0. The Hall–Kier alpha value is -3.04. The smallest absolute Gasteiger partial charge is 0.233 e. The summed E-state index contributed by atoms with van der Waals surface area (Å²) in [6.07, 6.45) is 2.38. The summed E-state index contributed by atoms with van der Waals surface area (Å²) >= 11 is 0. The Morgan fingerprint density at radius 3 is 1.21 bits per heavy atom. The summed E-state index contributed by atoms with van der Waals surface area (Å²) in [6.45, 7) is -0.608. The number of imide groups is 2. The molecule has 3 aliphatic carbocycles. The highest BCUT2D eigenvalue weighted by Gasteiger charge is 2.68. The second kappa shape index (κ2) is 6.25. The Balaban J connectivity index is 1.63. The maximum absolute atomic E-state index is 12.8. The first-order valence-corrected chi connectivity index (χ1v) is 9.02. The number of carboxylic acids is 2. The molecule has 10 nitrogen and oxygen atoms in total. The van der Waals surface area contributed by atoms with Gasteiger partial charge in [0.05, 0.1) is 23.7 Å². The van der Waals surface area contributed by atoms with E-state index >= 15 is 0 Å². The van der Waals surface area contributed by atoms with Crippen molar-refractivity contribution in [2.45, 2.75) is 12.8 Å². The number of rotatable bonds is 6. The van der Waals surface area contributed by atoms with E-state index in [1.165, 1.54) is 0 Å². The van der Waals surface area contributed by atoms with Gasteiger partial charge in [0.15, 0.2) is 0 Å². The Bertz CT molecular complexity index is 737. The largest absolute Gasteiger partial charge is 0.550 e. The first-order chi connectivity index (χ1) is 13.2. The molecule has 2 bridgehead atoms. The van der Waals surface area contributed by atoms with Gasteiger partial charge in [0.2, 0.25) is 23.6 Å². The highest BCUT2D eigenvalue weighted by molar-refractivity contribution is 6.11. The topological polar surface area (TPSA) is 155 Å². The van der Waals surface area contributed by atoms with Gasteiger partial charge < -0.3 is 19.8 Å². The zero-order valence-electron chi connectivity index (χ0n) is 14.6. The van der Waals surface area contributed by atoms with Gasteiger partial charge in [-0.05, 0) is 0 Å².